The third kappa shape index (κ3) is 12.9. The van der Waals surface area contributed by atoms with Gasteiger partial charge in [-0.3, -0.25) is 38.4 Å². The first-order valence-corrected chi connectivity index (χ1v) is 14.6. The second kappa shape index (κ2) is 18.6. The average Bonchev–Trinajstić information content (AvgIpc) is 2.95. The van der Waals surface area contributed by atoms with Crippen molar-refractivity contribution in [3.63, 3.8) is 0 Å². The summed E-state index contributed by atoms with van der Waals surface area (Å²) in [5.74, 6) is -6.67. The number of esters is 8. The molecule has 0 amide bonds. The van der Waals surface area contributed by atoms with Crippen LogP contribution in [0.3, 0.4) is 0 Å². The first-order chi connectivity index (χ1) is 22.9. The number of carbonyl (C=O) groups is 8. The molecule has 0 aromatic rings. The monoisotopic (exact) mass is 702 g/mol. The van der Waals surface area contributed by atoms with Gasteiger partial charge >= 0.3 is 47.8 Å². The number of aliphatic imine (C=N–C) groups is 2. The van der Waals surface area contributed by atoms with E-state index in [0.717, 1.165) is 55.4 Å². The van der Waals surface area contributed by atoms with E-state index in [2.05, 4.69) is 16.0 Å². The van der Waals surface area contributed by atoms with Crippen molar-refractivity contribution in [2.75, 3.05) is 13.2 Å². The van der Waals surface area contributed by atoms with Crippen LogP contribution in [0.25, 0.3) is 0 Å². The van der Waals surface area contributed by atoms with E-state index >= 15 is 0 Å². The molecule has 272 valence electrons. The molecule has 2 aliphatic heterocycles. The Morgan fingerprint density at radius 2 is 0.694 bits per heavy atom. The zero-order chi connectivity index (χ0) is 37.0. The lowest BCUT2D eigenvalue weighted by Crippen LogP contribution is -2.62. The summed E-state index contributed by atoms with van der Waals surface area (Å²) in [7, 11) is 0. The summed E-state index contributed by atoms with van der Waals surface area (Å²) in [6, 6.07) is 2.27. The Hall–Kier alpha value is -4.94. The molecule has 0 unspecified atom stereocenters. The first kappa shape index (κ1) is 40.2. The fourth-order valence-electron chi connectivity index (χ4n) is 4.77. The van der Waals surface area contributed by atoms with Crippen molar-refractivity contribution in [1.29, 1.82) is 0 Å². The minimum atomic E-state index is -1.62. The van der Waals surface area contributed by atoms with Crippen molar-refractivity contribution in [3.8, 4) is 0 Å². The highest BCUT2D eigenvalue weighted by Crippen LogP contribution is 2.31. The SMILES string of the molecule is CC(=O)OC[C@H]1O[C@@H](N=C=N[C@@H]2O[C@H](COC(C)=O)[C@@H](OC(C)=O)[C@H](OC(C)=O)[C@H]2OC(C)=O)[C@H](OC(C)=O)[C@@H](OC(C)=O)[C@@H]1OC(C)=O. The predicted molar refractivity (Wildman–Crippen MR) is 154 cm³/mol. The molecule has 0 N–H and O–H groups in total. The van der Waals surface area contributed by atoms with Crippen LogP contribution in [0, 0.1) is 0 Å². The standard InChI is InChI=1S/C29H38N2O18/c1-12(32)40-9-20-22(42-14(3)34)24(44-16(5)36)26(46-18(7)38)28(48-20)30-11-31-29-27(47-19(8)39)25(45-17(6)37)23(43-15(4)35)21(49-29)10-41-13(2)33/h20-29H,9-10H2,1-8H3/t20-,21-,22-,23-,24+,25+,26-,27-,28-,29-/m1/s1. The third-order valence-corrected chi connectivity index (χ3v) is 6.30. The van der Waals surface area contributed by atoms with Gasteiger partial charge in [0.2, 0.25) is 0 Å². The van der Waals surface area contributed by atoms with E-state index in [-0.39, 0.29) is 0 Å². The summed E-state index contributed by atoms with van der Waals surface area (Å²) in [4.78, 5) is 103. The Kier molecular flexibility index (Phi) is 15.2. The van der Waals surface area contributed by atoms with Crippen LogP contribution in [0.1, 0.15) is 55.4 Å². The van der Waals surface area contributed by atoms with Gasteiger partial charge in [0.1, 0.15) is 25.4 Å². The van der Waals surface area contributed by atoms with Gasteiger partial charge in [0, 0.05) is 55.4 Å². The van der Waals surface area contributed by atoms with Gasteiger partial charge in [-0.15, -0.1) is 0 Å². The predicted octanol–water partition coefficient (Wildman–Crippen LogP) is -0.673. The highest BCUT2D eigenvalue weighted by molar-refractivity contribution is 5.70. The van der Waals surface area contributed by atoms with Crippen LogP contribution in [0.4, 0.5) is 0 Å². The molecule has 2 saturated heterocycles. The van der Waals surface area contributed by atoms with E-state index in [4.69, 9.17) is 47.4 Å². The second-order valence-corrected chi connectivity index (χ2v) is 10.5. The minimum Gasteiger partial charge on any atom is -0.463 e. The molecule has 0 spiro atoms. The molecule has 49 heavy (non-hydrogen) atoms. The van der Waals surface area contributed by atoms with Crippen LogP contribution in [0.2, 0.25) is 0 Å². The number of carbonyl (C=O) groups excluding carboxylic acids is 8. The summed E-state index contributed by atoms with van der Waals surface area (Å²) < 4.78 is 53.7. The molecular formula is C29H38N2O18. The van der Waals surface area contributed by atoms with E-state index in [0.29, 0.717) is 0 Å². The van der Waals surface area contributed by atoms with E-state index in [9.17, 15) is 38.4 Å². The van der Waals surface area contributed by atoms with Crippen molar-refractivity contribution < 1.29 is 85.7 Å². The lowest BCUT2D eigenvalue weighted by atomic mass is 9.97. The molecule has 10 atom stereocenters. The van der Waals surface area contributed by atoms with E-state index in [1.54, 1.807) is 0 Å². The van der Waals surface area contributed by atoms with Gasteiger partial charge in [0.25, 0.3) is 0 Å². The Morgan fingerprint density at radius 3 is 0.959 bits per heavy atom. The van der Waals surface area contributed by atoms with Crippen LogP contribution in [0.5, 0.6) is 0 Å². The zero-order valence-corrected chi connectivity index (χ0v) is 27.9. The summed E-state index contributed by atoms with van der Waals surface area (Å²) >= 11 is 0. The number of hydrogen-bond acceptors (Lipinski definition) is 20. The van der Waals surface area contributed by atoms with Gasteiger partial charge in [-0.25, -0.2) is 0 Å². The maximum atomic E-state index is 12.1. The molecule has 0 aromatic heterocycles. The Morgan fingerprint density at radius 1 is 0.429 bits per heavy atom. The lowest BCUT2D eigenvalue weighted by Gasteiger charge is -2.43. The molecule has 20 heteroatoms. The van der Waals surface area contributed by atoms with Gasteiger partial charge in [-0.2, -0.15) is 9.98 Å². The average molecular weight is 703 g/mol. The minimum absolute atomic E-state index is 0.527. The molecule has 2 aliphatic rings. The van der Waals surface area contributed by atoms with Crippen molar-refractivity contribution in [1.82, 2.24) is 0 Å². The summed E-state index contributed by atoms with van der Waals surface area (Å²) in [6.45, 7) is 7.40. The molecule has 2 heterocycles. The first-order valence-electron chi connectivity index (χ1n) is 14.6. The van der Waals surface area contributed by atoms with Crippen molar-refractivity contribution >= 4 is 53.8 Å². The Bertz CT molecular complexity index is 1250. The normalized spacial score (nSPS) is 29.0. The fourth-order valence-corrected chi connectivity index (χ4v) is 4.77. The molecule has 20 nitrogen and oxygen atoms in total. The molecule has 0 aliphatic carbocycles. The van der Waals surface area contributed by atoms with Crippen LogP contribution < -0.4 is 0 Å². The topological polar surface area (TPSA) is 254 Å². The second-order valence-electron chi connectivity index (χ2n) is 10.5. The van der Waals surface area contributed by atoms with Gasteiger partial charge in [-0.1, -0.05) is 0 Å². The zero-order valence-electron chi connectivity index (χ0n) is 27.9. The largest absolute Gasteiger partial charge is 0.463 e. The van der Waals surface area contributed by atoms with Crippen molar-refractivity contribution in [2.24, 2.45) is 9.98 Å². The molecule has 0 aromatic carbocycles. The van der Waals surface area contributed by atoms with E-state index in [1.807, 2.05) is 0 Å². The van der Waals surface area contributed by atoms with Gasteiger partial charge in [0.15, 0.2) is 49.1 Å². The number of rotatable bonds is 12. The molecule has 2 fully saturated rings. The quantitative estimate of drug-likeness (QED) is 0.139. The maximum absolute atomic E-state index is 12.1. The highest BCUT2D eigenvalue weighted by Gasteiger charge is 2.54. The Labute approximate surface area is 279 Å². The molecule has 0 radical (unpaired) electrons. The van der Waals surface area contributed by atoms with E-state index < -0.39 is 122 Å². The van der Waals surface area contributed by atoms with Crippen LogP contribution in [0.15, 0.2) is 9.98 Å². The number of nitrogens with zero attached hydrogens (tertiary/aromatic N) is 2. The summed E-state index contributed by atoms with van der Waals surface area (Å²) in [5.41, 5.74) is 0. The molecule has 2 rings (SSSR count). The van der Waals surface area contributed by atoms with Crippen LogP contribution in [-0.2, 0) is 85.7 Å². The third-order valence-electron chi connectivity index (χ3n) is 6.30. The molecular weight excluding hydrogens is 664 g/mol. The maximum Gasteiger partial charge on any atom is 0.303 e. The lowest BCUT2D eigenvalue weighted by molar-refractivity contribution is -0.251. The van der Waals surface area contributed by atoms with Crippen molar-refractivity contribution in [2.45, 2.75) is 117 Å². The summed E-state index contributed by atoms with van der Waals surface area (Å²) in [5, 5.41) is 0. The van der Waals surface area contributed by atoms with Crippen molar-refractivity contribution in [3.05, 3.63) is 0 Å². The Balaban J connectivity index is 2.66. The van der Waals surface area contributed by atoms with Gasteiger partial charge in [0.05, 0.1) is 6.01 Å². The highest BCUT2D eigenvalue weighted by atomic mass is 16.7. The van der Waals surface area contributed by atoms with Gasteiger partial charge < -0.3 is 47.4 Å². The van der Waals surface area contributed by atoms with E-state index in [1.165, 1.54) is 0 Å². The van der Waals surface area contributed by atoms with Crippen LogP contribution >= 0.6 is 0 Å². The fraction of sp³-hybridized carbons (Fsp3) is 0.690. The number of ether oxygens (including phenoxy) is 10. The molecule has 0 saturated carbocycles. The summed E-state index contributed by atoms with van der Waals surface area (Å²) in [6.07, 6.45) is -15.0. The molecule has 0 bridgehead atoms. The number of hydrogen-bond donors (Lipinski definition) is 0. The van der Waals surface area contributed by atoms with Gasteiger partial charge in [-0.05, 0) is 0 Å². The smallest absolute Gasteiger partial charge is 0.303 e. The van der Waals surface area contributed by atoms with Crippen LogP contribution in [-0.4, -0.2) is 128 Å².